The molecule has 1 atom stereocenters. The molecule has 0 bridgehead atoms. The van der Waals surface area contributed by atoms with E-state index in [1.54, 1.807) is 12.3 Å². The van der Waals surface area contributed by atoms with Crippen molar-refractivity contribution in [1.29, 1.82) is 0 Å². The highest BCUT2D eigenvalue weighted by molar-refractivity contribution is 5.70. The van der Waals surface area contributed by atoms with Crippen LogP contribution in [0, 0.1) is 0 Å². The Hall–Kier alpha value is -0.590. The molecule has 1 nitrogen and oxygen atoms in total. The van der Waals surface area contributed by atoms with Crippen LogP contribution in [0.5, 0.6) is 0 Å². The van der Waals surface area contributed by atoms with Crippen molar-refractivity contribution in [3.8, 4) is 0 Å². The van der Waals surface area contributed by atoms with Crippen LogP contribution in [0.2, 0.25) is 0 Å². The Balaban J connectivity index is 3.35. The average Bonchev–Trinajstić information content (AvgIpc) is 1.83. The van der Waals surface area contributed by atoms with Crippen molar-refractivity contribution in [3.63, 3.8) is 0 Å². The summed E-state index contributed by atoms with van der Waals surface area (Å²) < 4.78 is 0. The van der Waals surface area contributed by atoms with E-state index in [2.05, 4.69) is 25.4 Å². The summed E-state index contributed by atoms with van der Waals surface area (Å²) in [6.45, 7) is 7.72. The molecule has 0 saturated heterocycles. The minimum Gasteiger partial charge on any atom is -0.290 e. The number of hydrogen-bond acceptors (Lipinski definition) is 1. The summed E-state index contributed by atoms with van der Waals surface area (Å²) in [6, 6.07) is 0.452. The van der Waals surface area contributed by atoms with Crippen LogP contribution in [0.25, 0.3) is 0 Å². The molecule has 1 unspecified atom stereocenters. The average molecular weight is 111 g/mol. The number of rotatable bonds is 3. The molecular formula is C7H13N. The quantitative estimate of drug-likeness (QED) is 0.494. The molecule has 0 saturated carbocycles. The zero-order chi connectivity index (χ0) is 6.41. The highest BCUT2D eigenvalue weighted by Gasteiger charge is 1.87. The number of aliphatic imine (C=N–C) groups is 1. The maximum atomic E-state index is 4.12. The first kappa shape index (κ1) is 7.41. The fourth-order valence-corrected chi connectivity index (χ4v) is 0.313. The molecule has 0 spiro atoms. The summed E-state index contributed by atoms with van der Waals surface area (Å²) in [6.07, 6.45) is 4.55. The highest BCUT2D eigenvalue weighted by atomic mass is 14.7. The first-order chi connectivity index (χ1) is 3.81. The Morgan fingerprint density at radius 2 is 2.38 bits per heavy atom. The van der Waals surface area contributed by atoms with Gasteiger partial charge >= 0.3 is 0 Å². The molecule has 0 heterocycles. The molecule has 0 fully saturated rings. The van der Waals surface area contributed by atoms with Crippen LogP contribution < -0.4 is 0 Å². The van der Waals surface area contributed by atoms with Crippen LogP contribution in [0.3, 0.4) is 0 Å². The number of hydrogen-bond donors (Lipinski definition) is 0. The van der Waals surface area contributed by atoms with Crippen molar-refractivity contribution < 1.29 is 0 Å². The van der Waals surface area contributed by atoms with Gasteiger partial charge in [0.05, 0.1) is 0 Å². The van der Waals surface area contributed by atoms with Crippen LogP contribution in [0.4, 0.5) is 0 Å². The molecule has 0 aliphatic heterocycles. The van der Waals surface area contributed by atoms with Crippen molar-refractivity contribution in [2.75, 3.05) is 0 Å². The van der Waals surface area contributed by atoms with Gasteiger partial charge in [0.2, 0.25) is 0 Å². The van der Waals surface area contributed by atoms with E-state index in [0.29, 0.717) is 6.04 Å². The smallest absolute Gasteiger partial charge is 0.0468 e. The lowest BCUT2D eigenvalue weighted by Crippen LogP contribution is -1.92. The molecule has 46 valence electrons. The van der Waals surface area contributed by atoms with Crippen LogP contribution in [-0.4, -0.2) is 12.3 Å². The monoisotopic (exact) mass is 111 g/mol. The van der Waals surface area contributed by atoms with Gasteiger partial charge in [-0.2, -0.15) is 0 Å². The van der Waals surface area contributed by atoms with Gasteiger partial charge in [0.25, 0.3) is 0 Å². The van der Waals surface area contributed by atoms with Crippen molar-refractivity contribution in [3.05, 3.63) is 12.7 Å². The van der Waals surface area contributed by atoms with Crippen molar-refractivity contribution >= 4 is 6.21 Å². The van der Waals surface area contributed by atoms with Crippen LogP contribution in [0.15, 0.2) is 17.6 Å². The van der Waals surface area contributed by atoms with Gasteiger partial charge in [0.15, 0.2) is 0 Å². The fraction of sp³-hybridized carbons (Fsp3) is 0.571. The van der Waals surface area contributed by atoms with Gasteiger partial charge < -0.3 is 0 Å². The number of allylic oxidation sites excluding steroid dienone is 1. The summed E-state index contributed by atoms with van der Waals surface area (Å²) in [5.74, 6) is 0. The molecule has 0 aliphatic rings. The van der Waals surface area contributed by atoms with E-state index in [9.17, 15) is 0 Å². The number of nitrogens with zero attached hydrogens (tertiary/aromatic N) is 1. The third-order valence-corrected chi connectivity index (χ3v) is 1.04. The maximum Gasteiger partial charge on any atom is 0.0468 e. The SMILES string of the molecule is C=C/C=N/C(C)CC. The molecule has 0 radical (unpaired) electrons. The fourth-order valence-electron chi connectivity index (χ4n) is 0.313. The third-order valence-electron chi connectivity index (χ3n) is 1.04. The lowest BCUT2D eigenvalue weighted by atomic mass is 10.3. The Bertz CT molecular complexity index is 84.4. The van der Waals surface area contributed by atoms with E-state index in [-0.39, 0.29) is 0 Å². The van der Waals surface area contributed by atoms with Gasteiger partial charge in [-0.15, -0.1) is 0 Å². The first-order valence-corrected chi connectivity index (χ1v) is 2.95. The zero-order valence-electron chi connectivity index (χ0n) is 5.59. The van der Waals surface area contributed by atoms with E-state index < -0.39 is 0 Å². The topological polar surface area (TPSA) is 12.4 Å². The molecule has 1 heteroatoms. The molecule has 0 aromatic carbocycles. The van der Waals surface area contributed by atoms with Crippen LogP contribution in [-0.2, 0) is 0 Å². The Kier molecular flexibility index (Phi) is 4.23. The molecular weight excluding hydrogens is 98.1 g/mol. The molecule has 0 aromatic rings. The Morgan fingerprint density at radius 1 is 1.75 bits per heavy atom. The van der Waals surface area contributed by atoms with Gasteiger partial charge in [-0.1, -0.05) is 19.6 Å². The Labute approximate surface area is 51.1 Å². The zero-order valence-corrected chi connectivity index (χ0v) is 5.59. The summed E-state index contributed by atoms with van der Waals surface area (Å²) in [5, 5.41) is 0. The first-order valence-electron chi connectivity index (χ1n) is 2.95. The van der Waals surface area contributed by atoms with Crippen molar-refractivity contribution in [2.45, 2.75) is 26.3 Å². The van der Waals surface area contributed by atoms with Gasteiger partial charge in [0.1, 0.15) is 0 Å². The van der Waals surface area contributed by atoms with E-state index in [0.717, 1.165) is 6.42 Å². The predicted octanol–water partition coefficient (Wildman–Crippen LogP) is 2.04. The largest absolute Gasteiger partial charge is 0.290 e. The second-order valence-electron chi connectivity index (χ2n) is 1.79. The van der Waals surface area contributed by atoms with Gasteiger partial charge in [-0.25, -0.2) is 0 Å². The molecule has 0 N–H and O–H groups in total. The van der Waals surface area contributed by atoms with Gasteiger partial charge in [-0.05, 0) is 13.3 Å². The second-order valence-corrected chi connectivity index (χ2v) is 1.79. The van der Waals surface area contributed by atoms with Gasteiger partial charge in [-0.3, -0.25) is 4.99 Å². The minimum absolute atomic E-state index is 0.452. The van der Waals surface area contributed by atoms with Crippen molar-refractivity contribution in [2.24, 2.45) is 4.99 Å². The summed E-state index contributed by atoms with van der Waals surface area (Å²) >= 11 is 0. The molecule has 0 rings (SSSR count). The van der Waals surface area contributed by atoms with Crippen molar-refractivity contribution in [1.82, 2.24) is 0 Å². The lowest BCUT2D eigenvalue weighted by molar-refractivity contribution is 0.721. The maximum absolute atomic E-state index is 4.12. The van der Waals surface area contributed by atoms with E-state index in [1.165, 1.54) is 0 Å². The molecule has 0 aromatic heterocycles. The molecule has 0 amide bonds. The second kappa shape index (κ2) is 4.57. The predicted molar refractivity (Wildman–Crippen MR) is 38.4 cm³/mol. The van der Waals surface area contributed by atoms with Crippen LogP contribution >= 0.6 is 0 Å². The summed E-state index contributed by atoms with van der Waals surface area (Å²) in [4.78, 5) is 4.12. The normalized spacial score (nSPS) is 14.2. The van der Waals surface area contributed by atoms with E-state index in [1.807, 2.05) is 0 Å². The third kappa shape index (κ3) is 3.59. The highest BCUT2D eigenvalue weighted by Crippen LogP contribution is 1.91. The Morgan fingerprint density at radius 3 is 2.75 bits per heavy atom. The van der Waals surface area contributed by atoms with Gasteiger partial charge in [0, 0.05) is 12.3 Å². The minimum atomic E-state index is 0.452. The van der Waals surface area contributed by atoms with Crippen LogP contribution in [0.1, 0.15) is 20.3 Å². The summed E-state index contributed by atoms with van der Waals surface area (Å²) in [7, 11) is 0. The standard InChI is InChI=1S/C7H13N/c1-4-6-8-7(3)5-2/h4,6-7H,1,5H2,2-3H3/b8-6+. The molecule has 0 aliphatic carbocycles. The molecule has 8 heavy (non-hydrogen) atoms. The van der Waals surface area contributed by atoms with E-state index in [4.69, 9.17) is 0 Å². The van der Waals surface area contributed by atoms with E-state index >= 15 is 0 Å². The summed E-state index contributed by atoms with van der Waals surface area (Å²) in [5.41, 5.74) is 0. The lowest BCUT2D eigenvalue weighted by Gasteiger charge is -1.96.